The highest BCUT2D eigenvalue weighted by atomic mass is 16.3. The van der Waals surface area contributed by atoms with E-state index in [-0.39, 0.29) is 12.1 Å². The van der Waals surface area contributed by atoms with Crippen LogP contribution in [0.25, 0.3) is 0 Å². The van der Waals surface area contributed by atoms with Crippen LogP contribution < -0.4 is 5.32 Å². The van der Waals surface area contributed by atoms with Gasteiger partial charge in [0.1, 0.15) is 0 Å². The minimum atomic E-state index is -0.218. The van der Waals surface area contributed by atoms with Crippen LogP contribution in [0.4, 0.5) is 0 Å². The standard InChI is InChI=1S/C9H18N4O/c1-4-9(2,7-14)10-5-8-6-11-12-13(8)3/h6,10,14H,4-5,7H2,1-3H3. The van der Waals surface area contributed by atoms with Gasteiger partial charge in [0.05, 0.1) is 18.5 Å². The molecule has 14 heavy (non-hydrogen) atoms. The molecule has 2 N–H and O–H groups in total. The predicted octanol–water partition coefficient (Wildman–Crippen LogP) is 0.0657. The van der Waals surface area contributed by atoms with Gasteiger partial charge in [-0.25, -0.2) is 0 Å². The summed E-state index contributed by atoms with van der Waals surface area (Å²) in [5, 5.41) is 20.1. The first-order valence-electron chi connectivity index (χ1n) is 4.81. The van der Waals surface area contributed by atoms with Gasteiger partial charge in [-0.05, 0) is 13.3 Å². The second kappa shape index (κ2) is 4.52. The van der Waals surface area contributed by atoms with Crippen molar-refractivity contribution in [1.82, 2.24) is 20.3 Å². The Hall–Kier alpha value is -0.940. The molecule has 0 spiro atoms. The summed E-state index contributed by atoms with van der Waals surface area (Å²) >= 11 is 0. The van der Waals surface area contributed by atoms with E-state index < -0.39 is 0 Å². The van der Waals surface area contributed by atoms with Gasteiger partial charge in [-0.3, -0.25) is 4.68 Å². The van der Waals surface area contributed by atoms with Crippen LogP contribution in [0.3, 0.4) is 0 Å². The minimum absolute atomic E-state index is 0.134. The lowest BCUT2D eigenvalue weighted by molar-refractivity contribution is 0.168. The minimum Gasteiger partial charge on any atom is -0.394 e. The second-order valence-electron chi connectivity index (χ2n) is 3.77. The fourth-order valence-electron chi connectivity index (χ4n) is 1.07. The molecular weight excluding hydrogens is 180 g/mol. The van der Waals surface area contributed by atoms with Crippen molar-refractivity contribution in [2.75, 3.05) is 6.61 Å². The van der Waals surface area contributed by atoms with E-state index in [0.717, 1.165) is 12.1 Å². The average Bonchev–Trinajstić information content (AvgIpc) is 2.61. The van der Waals surface area contributed by atoms with E-state index in [4.69, 9.17) is 0 Å². The summed E-state index contributed by atoms with van der Waals surface area (Å²) in [7, 11) is 1.85. The quantitative estimate of drug-likeness (QED) is 0.702. The number of nitrogens with one attached hydrogen (secondary N) is 1. The molecule has 0 saturated carbocycles. The predicted molar refractivity (Wildman–Crippen MR) is 53.6 cm³/mol. The third-order valence-electron chi connectivity index (χ3n) is 2.63. The van der Waals surface area contributed by atoms with Crippen molar-refractivity contribution in [3.8, 4) is 0 Å². The molecule has 0 bridgehead atoms. The topological polar surface area (TPSA) is 63.0 Å². The van der Waals surface area contributed by atoms with Gasteiger partial charge in [0, 0.05) is 19.1 Å². The van der Waals surface area contributed by atoms with Crippen LogP contribution in [-0.4, -0.2) is 32.2 Å². The van der Waals surface area contributed by atoms with E-state index in [0.29, 0.717) is 6.54 Å². The maximum Gasteiger partial charge on any atom is 0.0738 e. The van der Waals surface area contributed by atoms with Gasteiger partial charge in [0.25, 0.3) is 0 Å². The van der Waals surface area contributed by atoms with Crippen LogP contribution in [0.5, 0.6) is 0 Å². The number of aromatic nitrogens is 3. The van der Waals surface area contributed by atoms with Crippen molar-refractivity contribution >= 4 is 0 Å². The first kappa shape index (κ1) is 11.1. The Labute approximate surface area is 84.1 Å². The molecule has 1 atom stereocenters. The third-order valence-corrected chi connectivity index (χ3v) is 2.63. The van der Waals surface area contributed by atoms with E-state index in [1.165, 1.54) is 0 Å². The van der Waals surface area contributed by atoms with Gasteiger partial charge >= 0.3 is 0 Å². The SMILES string of the molecule is CCC(C)(CO)NCc1cnnn1C. The number of hydrogen-bond donors (Lipinski definition) is 2. The number of hydrogen-bond acceptors (Lipinski definition) is 4. The maximum absolute atomic E-state index is 9.18. The first-order chi connectivity index (χ1) is 6.61. The molecular formula is C9H18N4O. The molecule has 0 aliphatic heterocycles. The van der Waals surface area contributed by atoms with Crippen molar-refractivity contribution in [2.45, 2.75) is 32.4 Å². The Morgan fingerprint density at radius 1 is 1.64 bits per heavy atom. The summed E-state index contributed by atoms with van der Waals surface area (Å²) in [6.45, 7) is 4.85. The Balaban J connectivity index is 2.52. The van der Waals surface area contributed by atoms with Gasteiger partial charge in [0.2, 0.25) is 0 Å². The Bertz CT molecular complexity index is 280. The Morgan fingerprint density at radius 2 is 2.36 bits per heavy atom. The van der Waals surface area contributed by atoms with E-state index in [1.807, 2.05) is 20.9 Å². The summed E-state index contributed by atoms with van der Waals surface area (Å²) in [4.78, 5) is 0. The van der Waals surface area contributed by atoms with Gasteiger partial charge in [0.15, 0.2) is 0 Å². The molecule has 0 aliphatic carbocycles. The zero-order valence-electron chi connectivity index (χ0n) is 8.99. The fraction of sp³-hybridized carbons (Fsp3) is 0.778. The van der Waals surface area contributed by atoms with Crippen molar-refractivity contribution in [3.05, 3.63) is 11.9 Å². The molecule has 5 nitrogen and oxygen atoms in total. The highest BCUT2D eigenvalue weighted by molar-refractivity contribution is 4.94. The molecule has 1 aromatic heterocycles. The molecule has 0 radical (unpaired) electrons. The fourth-order valence-corrected chi connectivity index (χ4v) is 1.07. The third kappa shape index (κ3) is 2.52. The Morgan fingerprint density at radius 3 is 2.79 bits per heavy atom. The first-order valence-corrected chi connectivity index (χ1v) is 4.81. The smallest absolute Gasteiger partial charge is 0.0738 e. The van der Waals surface area contributed by atoms with Crippen LogP contribution in [0.2, 0.25) is 0 Å². The van der Waals surface area contributed by atoms with Gasteiger partial charge in [-0.15, -0.1) is 5.10 Å². The summed E-state index contributed by atoms with van der Waals surface area (Å²) in [5.74, 6) is 0. The molecule has 5 heteroatoms. The summed E-state index contributed by atoms with van der Waals surface area (Å²) in [5.41, 5.74) is 0.794. The second-order valence-corrected chi connectivity index (χ2v) is 3.77. The monoisotopic (exact) mass is 198 g/mol. The van der Waals surface area contributed by atoms with Crippen LogP contribution in [0.15, 0.2) is 6.20 Å². The van der Waals surface area contributed by atoms with Crippen molar-refractivity contribution in [2.24, 2.45) is 7.05 Å². The molecule has 1 rings (SSSR count). The molecule has 1 unspecified atom stereocenters. The van der Waals surface area contributed by atoms with Crippen molar-refractivity contribution in [1.29, 1.82) is 0 Å². The summed E-state index contributed by atoms with van der Waals surface area (Å²) in [6, 6.07) is 0. The molecule has 0 aliphatic rings. The van der Waals surface area contributed by atoms with Gasteiger partial charge < -0.3 is 10.4 Å². The number of aliphatic hydroxyl groups is 1. The Kier molecular flexibility index (Phi) is 3.60. The maximum atomic E-state index is 9.18. The molecule has 0 fully saturated rings. The van der Waals surface area contributed by atoms with Crippen molar-refractivity contribution < 1.29 is 5.11 Å². The lowest BCUT2D eigenvalue weighted by Gasteiger charge is -2.27. The number of rotatable bonds is 5. The molecule has 1 aromatic rings. The largest absolute Gasteiger partial charge is 0.394 e. The number of nitrogens with zero attached hydrogens (tertiary/aromatic N) is 3. The lowest BCUT2D eigenvalue weighted by Crippen LogP contribution is -2.44. The van der Waals surface area contributed by atoms with Crippen molar-refractivity contribution in [3.63, 3.8) is 0 Å². The van der Waals surface area contributed by atoms with Crippen LogP contribution in [0, 0.1) is 0 Å². The lowest BCUT2D eigenvalue weighted by atomic mass is 10.0. The summed E-state index contributed by atoms with van der Waals surface area (Å²) < 4.78 is 1.72. The van der Waals surface area contributed by atoms with Gasteiger partial charge in [-0.1, -0.05) is 12.1 Å². The van der Waals surface area contributed by atoms with E-state index >= 15 is 0 Å². The molecule has 0 aromatic carbocycles. The molecule has 0 saturated heterocycles. The normalized spacial score (nSPS) is 15.4. The van der Waals surface area contributed by atoms with Crippen LogP contribution in [0.1, 0.15) is 26.0 Å². The zero-order valence-corrected chi connectivity index (χ0v) is 8.99. The van der Waals surface area contributed by atoms with E-state index in [2.05, 4.69) is 15.6 Å². The average molecular weight is 198 g/mol. The molecule has 1 heterocycles. The van der Waals surface area contributed by atoms with E-state index in [1.54, 1.807) is 10.9 Å². The van der Waals surface area contributed by atoms with Crippen LogP contribution >= 0.6 is 0 Å². The van der Waals surface area contributed by atoms with Gasteiger partial charge in [-0.2, -0.15) is 0 Å². The molecule has 80 valence electrons. The summed E-state index contributed by atoms with van der Waals surface area (Å²) in [6.07, 6.45) is 2.61. The number of aliphatic hydroxyl groups excluding tert-OH is 1. The molecule has 0 amide bonds. The van der Waals surface area contributed by atoms with E-state index in [9.17, 15) is 5.11 Å². The zero-order chi connectivity index (χ0) is 10.6. The highest BCUT2D eigenvalue weighted by Crippen LogP contribution is 2.08. The number of aryl methyl sites for hydroxylation is 1. The van der Waals surface area contributed by atoms with Crippen LogP contribution in [-0.2, 0) is 13.6 Å². The highest BCUT2D eigenvalue weighted by Gasteiger charge is 2.20.